The average Bonchev–Trinajstić information content (AvgIpc) is 3.01. The van der Waals surface area contributed by atoms with Crippen LogP contribution in [0.2, 0.25) is 0 Å². The first-order chi connectivity index (χ1) is 20.1. The predicted molar refractivity (Wildman–Crippen MR) is 167 cm³/mol. The number of carbonyl (C=O) groups is 2. The summed E-state index contributed by atoms with van der Waals surface area (Å²) in [4.78, 5) is 26.9. The second kappa shape index (κ2) is 13.8. The minimum atomic E-state index is -0.514. The van der Waals surface area contributed by atoms with Gasteiger partial charge in [-0.3, -0.25) is 9.59 Å². The van der Waals surface area contributed by atoms with Gasteiger partial charge in [0.2, 0.25) is 11.8 Å². The summed E-state index contributed by atoms with van der Waals surface area (Å²) in [6.45, 7) is 0. The van der Waals surface area contributed by atoms with Crippen LogP contribution in [0, 0.1) is 0 Å². The Hall–Kier alpha value is -5.07. The molecular formula is C35H28N2O3S. The number of amides is 2. The Kier molecular flexibility index (Phi) is 9.27. The molecule has 0 saturated carbocycles. The van der Waals surface area contributed by atoms with E-state index in [1.165, 1.54) is 17.8 Å². The average molecular weight is 557 g/mol. The third-order valence-corrected chi connectivity index (χ3v) is 7.27. The van der Waals surface area contributed by atoms with Gasteiger partial charge in [-0.05, 0) is 71.8 Å². The van der Waals surface area contributed by atoms with E-state index in [2.05, 4.69) is 10.6 Å². The number of rotatable bonds is 10. The lowest BCUT2D eigenvalue weighted by molar-refractivity contribution is -0.116. The van der Waals surface area contributed by atoms with Crippen LogP contribution < -0.4 is 15.4 Å². The Balaban J connectivity index is 1.27. The molecule has 0 aliphatic carbocycles. The van der Waals surface area contributed by atoms with Crippen molar-refractivity contribution >= 4 is 41.0 Å². The summed E-state index contributed by atoms with van der Waals surface area (Å²) in [5.41, 5.74) is 3.14. The molecule has 2 N–H and O–H groups in total. The molecule has 6 heteroatoms. The number of nitrogens with one attached hydrogen (secondary N) is 2. The van der Waals surface area contributed by atoms with Crippen LogP contribution in [0.15, 0.2) is 150 Å². The summed E-state index contributed by atoms with van der Waals surface area (Å²) < 4.78 is 5.86. The largest absolute Gasteiger partial charge is 0.457 e. The van der Waals surface area contributed by atoms with Crippen LogP contribution in [0.5, 0.6) is 11.5 Å². The van der Waals surface area contributed by atoms with Crippen LogP contribution in [0.25, 0.3) is 6.08 Å². The molecule has 41 heavy (non-hydrogen) atoms. The van der Waals surface area contributed by atoms with Gasteiger partial charge in [0.1, 0.15) is 16.7 Å². The first kappa shape index (κ1) is 27.5. The zero-order valence-electron chi connectivity index (χ0n) is 22.1. The van der Waals surface area contributed by atoms with E-state index >= 15 is 0 Å². The fraction of sp³-hybridized carbons (Fsp3) is 0.0286. The quantitative estimate of drug-likeness (QED) is 0.134. The van der Waals surface area contributed by atoms with Crippen LogP contribution in [0.3, 0.4) is 0 Å². The van der Waals surface area contributed by atoms with Gasteiger partial charge >= 0.3 is 0 Å². The van der Waals surface area contributed by atoms with Crippen molar-refractivity contribution in [1.82, 2.24) is 0 Å². The second-order valence-electron chi connectivity index (χ2n) is 9.10. The molecule has 5 aromatic carbocycles. The van der Waals surface area contributed by atoms with Crippen molar-refractivity contribution < 1.29 is 14.3 Å². The highest BCUT2D eigenvalue weighted by atomic mass is 32.2. The molecule has 2 amide bonds. The zero-order valence-corrected chi connectivity index (χ0v) is 23.0. The maximum atomic E-state index is 13.5. The standard InChI is InChI=1S/C35H28N2O3S/c38-33(24-19-26-11-4-1-5-12-26)36-29-15-10-18-32(25-29)41-34(27-13-6-2-7-14-27)35(39)37-28-20-22-31(23-21-28)40-30-16-8-3-9-17-30/h1-25,34H,(H,36,38)(H,37,39)/b24-19+. The number of thioether (sulfide) groups is 1. The number of carbonyl (C=O) groups excluding carboxylic acids is 2. The summed E-state index contributed by atoms with van der Waals surface area (Å²) in [5.74, 6) is 1.04. The molecule has 0 heterocycles. The van der Waals surface area contributed by atoms with Gasteiger partial charge in [-0.1, -0.05) is 84.9 Å². The molecule has 0 fully saturated rings. The minimum absolute atomic E-state index is 0.154. The van der Waals surface area contributed by atoms with Gasteiger partial charge in [-0.15, -0.1) is 11.8 Å². The van der Waals surface area contributed by atoms with E-state index in [4.69, 9.17) is 4.74 Å². The van der Waals surface area contributed by atoms with Crippen molar-refractivity contribution in [1.29, 1.82) is 0 Å². The SMILES string of the molecule is O=C(/C=C/c1ccccc1)Nc1cccc(SC(C(=O)Nc2ccc(Oc3ccccc3)cc2)c2ccccc2)c1. The highest BCUT2D eigenvalue weighted by molar-refractivity contribution is 8.00. The molecule has 0 aromatic heterocycles. The highest BCUT2D eigenvalue weighted by Crippen LogP contribution is 2.37. The van der Waals surface area contributed by atoms with E-state index in [0.29, 0.717) is 17.1 Å². The number of hydrogen-bond acceptors (Lipinski definition) is 4. The lowest BCUT2D eigenvalue weighted by atomic mass is 10.1. The van der Waals surface area contributed by atoms with Crippen molar-refractivity contribution in [3.63, 3.8) is 0 Å². The highest BCUT2D eigenvalue weighted by Gasteiger charge is 2.22. The molecule has 1 atom stereocenters. The second-order valence-corrected chi connectivity index (χ2v) is 10.3. The van der Waals surface area contributed by atoms with E-state index in [1.54, 1.807) is 6.08 Å². The number of ether oxygens (including phenoxy) is 1. The molecule has 5 aromatic rings. The van der Waals surface area contributed by atoms with Crippen molar-refractivity contribution in [2.45, 2.75) is 10.1 Å². The van der Waals surface area contributed by atoms with Crippen molar-refractivity contribution in [2.24, 2.45) is 0 Å². The van der Waals surface area contributed by atoms with Crippen LogP contribution in [-0.4, -0.2) is 11.8 Å². The van der Waals surface area contributed by atoms with Crippen LogP contribution in [0.1, 0.15) is 16.4 Å². The Morgan fingerprint density at radius 2 is 1.27 bits per heavy atom. The summed E-state index contributed by atoms with van der Waals surface area (Å²) in [6, 6.07) is 43.6. The molecule has 1 unspecified atom stereocenters. The monoisotopic (exact) mass is 556 g/mol. The summed E-state index contributed by atoms with van der Waals surface area (Å²) >= 11 is 1.42. The van der Waals surface area contributed by atoms with Crippen LogP contribution in [0.4, 0.5) is 11.4 Å². The van der Waals surface area contributed by atoms with E-state index in [-0.39, 0.29) is 11.8 Å². The topological polar surface area (TPSA) is 67.4 Å². The normalized spacial score (nSPS) is 11.5. The molecule has 0 radical (unpaired) electrons. The van der Waals surface area contributed by atoms with Crippen molar-refractivity contribution in [3.8, 4) is 11.5 Å². The Morgan fingerprint density at radius 3 is 1.98 bits per heavy atom. The number of anilines is 2. The smallest absolute Gasteiger partial charge is 0.248 e. The maximum absolute atomic E-state index is 13.5. The van der Waals surface area contributed by atoms with E-state index in [9.17, 15) is 9.59 Å². The van der Waals surface area contributed by atoms with Gasteiger partial charge in [0.25, 0.3) is 0 Å². The van der Waals surface area contributed by atoms with Gasteiger partial charge in [-0.25, -0.2) is 0 Å². The van der Waals surface area contributed by atoms with Gasteiger partial charge in [-0.2, -0.15) is 0 Å². The van der Waals surface area contributed by atoms with Crippen molar-refractivity contribution in [3.05, 3.63) is 157 Å². The lowest BCUT2D eigenvalue weighted by Crippen LogP contribution is -2.19. The van der Waals surface area contributed by atoms with Gasteiger partial charge in [0, 0.05) is 22.3 Å². The third-order valence-electron chi connectivity index (χ3n) is 6.02. The Labute approximate surface area is 243 Å². The molecule has 0 bridgehead atoms. The third kappa shape index (κ3) is 8.21. The van der Waals surface area contributed by atoms with E-state index in [1.807, 2.05) is 140 Å². The fourth-order valence-electron chi connectivity index (χ4n) is 4.04. The van der Waals surface area contributed by atoms with Crippen LogP contribution in [-0.2, 0) is 9.59 Å². The summed E-state index contributed by atoms with van der Waals surface area (Å²) in [7, 11) is 0. The number of hydrogen-bond donors (Lipinski definition) is 2. The molecule has 0 spiro atoms. The molecule has 0 saturated heterocycles. The van der Waals surface area contributed by atoms with E-state index < -0.39 is 5.25 Å². The number of para-hydroxylation sites is 1. The lowest BCUT2D eigenvalue weighted by Gasteiger charge is -2.18. The Morgan fingerprint density at radius 1 is 0.634 bits per heavy atom. The van der Waals surface area contributed by atoms with E-state index in [0.717, 1.165) is 21.8 Å². The predicted octanol–water partition coefficient (Wildman–Crippen LogP) is 8.60. The molecule has 5 rings (SSSR count). The first-order valence-electron chi connectivity index (χ1n) is 13.1. The van der Waals surface area contributed by atoms with Gasteiger partial charge in [0.15, 0.2) is 0 Å². The molecule has 0 aliphatic heterocycles. The Bertz CT molecular complexity index is 1610. The zero-order chi connectivity index (χ0) is 28.3. The molecule has 202 valence electrons. The summed E-state index contributed by atoms with van der Waals surface area (Å²) in [5, 5.41) is 5.43. The molecular weight excluding hydrogens is 528 g/mol. The van der Waals surface area contributed by atoms with Crippen LogP contribution >= 0.6 is 11.8 Å². The molecule has 5 nitrogen and oxygen atoms in total. The van der Waals surface area contributed by atoms with Crippen molar-refractivity contribution in [2.75, 3.05) is 10.6 Å². The number of benzene rings is 5. The maximum Gasteiger partial charge on any atom is 0.248 e. The molecule has 0 aliphatic rings. The minimum Gasteiger partial charge on any atom is -0.457 e. The first-order valence-corrected chi connectivity index (χ1v) is 14.0. The van der Waals surface area contributed by atoms with Gasteiger partial charge < -0.3 is 15.4 Å². The summed E-state index contributed by atoms with van der Waals surface area (Å²) in [6.07, 6.45) is 3.27. The fourth-order valence-corrected chi connectivity index (χ4v) is 5.13. The van der Waals surface area contributed by atoms with Gasteiger partial charge in [0.05, 0.1) is 0 Å².